The van der Waals surface area contributed by atoms with Crippen molar-refractivity contribution < 1.29 is 4.79 Å². The number of rotatable bonds is 3. The molecule has 1 saturated carbocycles. The van der Waals surface area contributed by atoms with Crippen LogP contribution in [-0.4, -0.2) is 11.0 Å². The molecule has 0 aromatic heterocycles. The molecule has 0 aliphatic heterocycles. The van der Waals surface area contributed by atoms with E-state index < -0.39 is 0 Å². The van der Waals surface area contributed by atoms with Gasteiger partial charge in [0.05, 0.1) is 11.5 Å². The molecular formula is C20H19N3OS. The third-order valence-corrected chi connectivity index (χ3v) is 4.83. The number of nitriles is 1. The van der Waals surface area contributed by atoms with Crippen molar-refractivity contribution in [3.63, 3.8) is 0 Å². The third kappa shape index (κ3) is 3.86. The number of amides is 1. The topological polar surface area (TPSA) is 64.9 Å². The van der Waals surface area contributed by atoms with Crippen LogP contribution in [0.1, 0.15) is 41.6 Å². The number of nitrogens with one attached hydrogen (secondary N) is 2. The zero-order valence-electron chi connectivity index (χ0n) is 13.8. The second-order valence-corrected chi connectivity index (χ2v) is 6.66. The van der Waals surface area contributed by atoms with Gasteiger partial charge >= 0.3 is 0 Å². The van der Waals surface area contributed by atoms with E-state index in [2.05, 4.69) is 16.7 Å². The van der Waals surface area contributed by atoms with Crippen LogP contribution < -0.4 is 10.6 Å². The Morgan fingerprint density at radius 2 is 1.68 bits per heavy atom. The minimum atomic E-state index is -0.347. The van der Waals surface area contributed by atoms with Crippen molar-refractivity contribution in [1.82, 2.24) is 5.32 Å². The third-order valence-electron chi connectivity index (χ3n) is 4.63. The fourth-order valence-corrected chi connectivity index (χ4v) is 3.45. The average molecular weight is 349 g/mol. The van der Waals surface area contributed by atoms with Crippen LogP contribution >= 0.6 is 12.2 Å². The summed E-state index contributed by atoms with van der Waals surface area (Å²) >= 11 is 5.20. The van der Waals surface area contributed by atoms with Gasteiger partial charge in [-0.1, -0.05) is 43.2 Å². The van der Waals surface area contributed by atoms with Crippen LogP contribution in [0.2, 0.25) is 0 Å². The van der Waals surface area contributed by atoms with Gasteiger partial charge in [0.25, 0.3) is 5.91 Å². The van der Waals surface area contributed by atoms with Gasteiger partial charge in [-0.3, -0.25) is 10.1 Å². The van der Waals surface area contributed by atoms with Crippen LogP contribution in [0.3, 0.4) is 0 Å². The molecule has 1 fully saturated rings. The fraction of sp³-hybridized carbons (Fsp3) is 0.250. The molecule has 0 heterocycles. The van der Waals surface area contributed by atoms with Crippen molar-refractivity contribution in [2.75, 3.05) is 5.32 Å². The summed E-state index contributed by atoms with van der Waals surface area (Å²) < 4.78 is 0. The summed E-state index contributed by atoms with van der Waals surface area (Å²) in [6, 6.07) is 19.2. The normalized spacial score (nSPS) is 15.2. The molecule has 2 aromatic rings. The fourth-order valence-electron chi connectivity index (χ4n) is 3.24. The number of carbonyl (C=O) groups excluding carboxylic acids is 1. The maximum Gasteiger partial charge on any atom is 0.257 e. The molecule has 1 amide bonds. The first-order chi connectivity index (χ1) is 12.1. The second kappa shape index (κ2) is 7.45. The Hall–Kier alpha value is -2.71. The minimum Gasteiger partial charge on any atom is -0.332 e. The summed E-state index contributed by atoms with van der Waals surface area (Å²) in [6.07, 6.45) is 4.04. The maximum atomic E-state index is 12.1. The summed E-state index contributed by atoms with van der Waals surface area (Å²) in [5.74, 6) is -0.246. The number of hydrogen-bond donors (Lipinski definition) is 2. The van der Waals surface area contributed by atoms with E-state index in [9.17, 15) is 10.1 Å². The molecule has 5 heteroatoms. The predicted molar refractivity (Wildman–Crippen MR) is 102 cm³/mol. The molecule has 0 radical (unpaired) electrons. The quantitative estimate of drug-likeness (QED) is 0.817. The van der Waals surface area contributed by atoms with Crippen molar-refractivity contribution in [2.45, 2.75) is 31.1 Å². The highest BCUT2D eigenvalue weighted by molar-refractivity contribution is 7.80. The molecule has 0 unspecified atom stereocenters. The number of anilines is 1. The lowest BCUT2D eigenvalue weighted by molar-refractivity contribution is 0.0977. The Labute approximate surface area is 152 Å². The first-order valence-electron chi connectivity index (χ1n) is 8.32. The minimum absolute atomic E-state index is 0.246. The van der Waals surface area contributed by atoms with E-state index in [4.69, 9.17) is 12.2 Å². The van der Waals surface area contributed by atoms with E-state index in [-0.39, 0.29) is 16.4 Å². The number of carbonyl (C=O) groups is 1. The van der Waals surface area contributed by atoms with Crippen LogP contribution in [0.5, 0.6) is 0 Å². The number of hydrogen-bond acceptors (Lipinski definition) is 3. The van der Waals surface area contributed by atoms with E-state index in [1.807, 2.05) is 30.3 Å². The van der Waals surface area contributed by atoms with Gasteiger partial charge in [-0.2, -0.15) is 5.26 Å². The Kier molecular flexibility index (Phi) is 5.11. The summed E-state index contributed by atoms with van der Waals surface area (Å²) in [6.45, 7) is 0. The smallest absolute Gasteiger partial charge is 0.257 e. The van der Waals surface area contributed by atoms with Gasteiger partial charge in [0, 0.05) is 11.3 Å². The van der Waals surface area contributed by atoms with E-state index in [0.29, 0.717) is 5.56 Å². The van der Waals surface area contributed by atoms with Crippen LogP contribution in [-0.2, 0) is 5.41 Å². The molecule has 126 valence electrons. The molecule has 25 heavy (non-hydrogen) atoms. The van der Waals surface area contributed by atoms with E-state index >= 15 is 0 Å². The van der Waals surface area contributed by atoms with Crippen molar-refractivity contribution in [1.29, 1.82) is 5.26 Å². The van der Waals surface area contributed by atoms with Crippen LogP contribution in [0.15, 0.2) is 54.6 Å². The summed E-state index contributed by atoms with van der Waals surface area (Å²) in [4.78, 5) is 12.1. The van der Waals surface area contributed by atoms with Crippen molar-refractivity contribution in [3.8, 4) is 6.07 Å². The van der Waals surface area contributed by atoms with Gasteiger partial charge in [0.1, 0.15) is 0 Å². The molecule has 2 N–H and O–H groups in total. The zero-order valence-corrected chi connectivity index (χ0v) is 14.6. The van der Waals surface area contributed by atoms with Gasteiger partial charge in [-0.15, -0.1) is 0 Å². The highest BCUT2D eigenvalue weighted by atomic mass is 32.1. The maximum absolute atomic E-state index is 12.1. The Bertz CT molecular complexity index is 803. The van der Waals surface area contributed by atoms with Gasteiger partial charge in [-0.05, 0) is 54.9 Å². The molecule has 1 aliphatic rings. The first-order valence-corrected chi connectivity index (χ1v) is 8.73. The Morgan fingerprint density at radius 1 is 1.04 bits per heavy atom. The highest BCUT2D eigenvalue weighted by Crippen LogP contribution is 2.40. The number of nitrogens with zero attached hydrogens (tertiary/aromatic N) is 1. The van der Waals surface area contributed by atoms with E-state index in [1.165, 1.54) is 0 Å². The summed E-state index contributed by atoms with van der Waals surface area (Å²) in [5.41, 5.74) is 2.05. The molecule has 4 nitrogen and oxygen atoms in total. The molecular weight excluding hydrogens is 330 g/mol. The molecule has 0 atom stereocenters. The van der Waals surface area contributed by atoms with Gasteiger partial charge in [0.2, 0.25) is 0 Å². The van der Waals surface area contributed by atoms with Gasteiger partial charge in [-0.25, -0.2) is 0 Å². The average Bonchev–Trinajstić information content (AvgIpc) is 3.13. The largest absolute Gasteiger partial charge is 0.332 e. The zero-order chi connectivity index (χ0) is 17.7. The predicted octanol–water partition coefficient (Wildman–Crippen LogP) is 4.15. The molecule has 0 bridgehead atoms. The van der Waals surface area contributed by atoms with Crippen LogP contribution in [0, 0.1) is 11.3 Å². The summed E-state index contributed by atoms with van der Waals surface area (Å²) in [5, 5.41) is 15.5. The Morgan fingerprint density at radius 3 is 2.28 bits per heavy atom. The molecule has 0 spiro atoms. The van der Waals surface area contributed by atoms with Crippen molar-refractivity contribution in [3.05, 3.63) is 65.7 Å². The molecule has 2 aromatic carbocycles. The van der Waals surface area contributed by atoms with Gasteiger partial charge in [0.15, 0.2) is 5.11 Å². The summed E-state index contributed by atoms with van der Waals surface area (Å²) in [7, 11) is 0. The van der Waals surface area contributed by atoms with Gasteiger partial charge < -0.3 is 5.32 Å². The lowest BCUT2D eigenvalue weighted by atomic mass is 9.80. The van der Waals surface area contributed by atoms with Crippen LogP contribution in [0.25, 0.3) is 0 Å². The number of benzene rings is 2. The lowest BCUT2D eigenvalue weighted by Gasteiger charge is -2.21. The molecule has 0 saturated heterocycles. The Balaban J connectivity index is 1.63. The first kappa shape index (κ1) is 17.1. The van der Waals surface area contributed by atoms with E-state index in [0.717, 1.165) is 36.9 Å². The SMILES string of the molecule is N#CC1(c2ccc(NC(=S)NC(=O)c3ccccc3)cc2)CCCC1. The molecule has 3 rings (SSSR count). The lowest BCUT2D eigenvalue weighted by Crippen LogP contribution is -2.34. The standard InChI is InChI=1S/C20H19N3OS/c21-14-20(12-4-5-13-20)16-8-10-17(11-9-16)22-19(25)23-18(24)15-6-2-1-3-7-15/h1-3,6-11H,4-5,12-13H2,(H2,22,23,24,25). The van der Waals surface area contributed by atoms with E-state index in [1.54, 1.807) is 24.3 Å². The monoisotopic (exact) mass is 349 g/mol. The van der Waals surface area contributed by atoms with Crippen molar-refractivity contribution >= 4 is 28.9 Å². The highest BCUT2D eigenvalue weighted by Gasteiger charge is 2.35. The van der Waals surface area contributed by atoms with Crippen molar-refractivity contribution in [2.24, 2.45) is 0 Å². The second-order valence-electron chi connectivity index (χ2n) is 6.25. The molecule has 1 aliphatic carbocycles. The number of thiocarbonyl (C=S) groups is 1. The van der Waals surface area contributed by atoms with Crippen LogP contribution in [0.4, 0.5) is 5.69 Å².